The Bertz CT molecular complexity index is 724. The summed E-state index contributed by atoms with van der Waals surface area (Å²) in [6.07, 6.45) is 0. The van der Waals surface area contributed by atoms with Crippen LogP contribution in [0.4, 0.5) is 5.69 Å². The predicted molar refractivity (Wildman–Crippen MR) is 120 cm³/mol. The summed E-state index contributed by atoms with van der Waals surface area (Å²) in [7, 11) is 1.85. The highest BCUT2D eigenvalue weighted by atomic mass is 35.5. The minimum atomic E-state index is 0.176. The van der Waals surface area contributed by atoms with E-state index >= 15 is 0 Å². The average Bonchev–Trinajstić information content (AvgIpc) is 2.73. The molecule has 29 heavy (non-hydrogen) atoms. The SMILES string of the molecule is CN=C(NCCN1CCN(C(C)=O)CC1)N1CCN(c2cc(Cl)ccc2C)CC1. The second-order valence-electron chi connectivity index (χ2n) is 7.73. The number of carbonyl (C=O) groups is 1. The maximum Gasteiger partial charge on any atom is 0.219 e. The molecule has 1 aromatic rings. The Morgan fingerprint density at radius 1 is 1.07 bits per heavy atom. The molecule has 2 saturated heterocycles. The van der Waals surface area contributed by atoms with Crippen molar-refractivity contribution in [2.45, 2.75) is 13.8 Å². The molecule has 8 heteroatoms. The summed E-state index contributed by atoms with van der Waals surface area (Å²) in [6.45, 7) is 12.9. The van der Waals surface area contributed by atoms with Crippen LogP contribution in [0.15, 0.2) is 23.2 Å². The monoisotopic (exact) mass is 420 g/mol. The Morgan fingerprint density at radius 2 is 1.72 bits per heavy atom. The van der Waals surface area contributed by atoms with Crippen LogP contribution in [0.3, 0.4) is 0 Å². The number of nitrogens with one attached hydrogen (secondary N) is 1. The topological polar surface area (TPSA) is 54.4 Å². The van der Waals surface area contributed by atoms with Crippen LogP contribution in [0.1, 0.15) is 12.5 Å². The zero-order valence-corrected chi connectivity index (χ0v) is 18.6. The summed E-state index contributed by atoms with van der Waals surface area (Å²) in [6, 6.07) is 6.09. The Balaban J connectivity index is 1.42. The highest BCUT2D eigenvalue weighted by molar-refractivity contribution is 6.30. The van der Waals surface area contributed by atoms with Gasteiger partial charge in [-0.15, -0.1) is 0 Å². The van der Waals surface area contributed by atoms with Crippen LogP contribution >= 0.6 is 11.6 Å². The number of amides is 1. The molecule has 7 nitrogen and oxygen atoms in total. The number of halogens is 1. The molecule has 0 bridgehead atoms. The first-order valence-corrected chi connectivity index (χ1v) is 10.8. The number of carbonyl (C=O) groups excluding carboxylic acids is 1. The molecule has 0 radical (unpaired) electrons. The zero-order chi connectivity index (χ0) is 20.8. The highest BCUT2D eigenvalue weighted by Crippen LogP contribution is 2.25. The first-order chi connectivity index (χ1) is 14.0. The molecule has 0 aliphatic carbocycles. The standard InChI is InChI=1S/C21H33ClN6O/c1-17-4-5-19(22)16-20(17)27-12-14-28(15-13-27)21(23-3)24-6-7-25-8-10-26(11-9-25)18(2)29/h4-5,16H,6-15H2,1-3H3,(H,23,24). The van der Waals surface area contributed by atoms with E-state index in [1.54, 1.807) is 6.92 Å². The van der Waals surface area contributed by atoms with Crippen LogP contribution in [0.2, 0.25) is 5.02 Å². The number of anilines is 1. The maximum atomic E-state index is 11.4. The van der Waals surface area contributed by atoms with Gasteiger partial charge in [-0.05, 0) is 24.6 Å². The van der Waals surface area contributed by atoms with E-state index in [0.717, 1.165) is 76.4 Å². The van der Waals surface area contributed by atoms with Crippen molar-refractivity contribution in [2.75, 3.05) is 77.4 Å². The smallest absolute Gasteiger partial charge is 0.219 e. The fraction of sp³-hybridized carbons (Fsp3) is 0.619. The summed E-state index contributed by atoms with van der Waals surface area (Å²) in [5.41, 5.74) is 2.49. The van der Waals surface area contributed by atoms with Gasteiger partial charge in [-0.25, -0.2) is 0 Å². The normalized spacial score (nSPS) is 18.9. The third-order valence-electron chi connectivity index (χ3n) is 5.83. The van der Waals surface area contributed by atoms with E-state index in [2.05, 4.69) is 44.1 Å². The van der Waals surface area contributed by atoms with Gasteiger partial charge < -0.3 is 20.0 Å². The first-order valence-electron chi connectivity index (χ1n) is 10.4. The van der Waals surface area contributed by atoms with Crippen LogP contribution in [0, 0.1) is 6.92 Å². The number of benzene rings is 1. The van der Waals surface area contributed by atoms with Crippen LogP contribution in [-0.2, 0) is 4.79 Å². The largest absolute Gasteiger partial charge is 0.368 e. The van der Waals surface area contributed by atoms with Crippen molar-refractivity contribution in [3.63, 3.8) is 0 Å². The van der Waals surface area contributed by atoms with Gasteiger partial charge >= 0.3 is 0 Å². The van der Waals surface area contributed by atoms with Crippen molar-refractivity contribution in [3.8, 4) is 0 Å². The molecule has 0 saturated carbocycles. The fourth-order valence-electron chi connectivity index (χ4n) is 4.03. The van der Waals surface area contributed by atoms with Gasteiger partial charge in [0.1, 0.15) is 0 Å². The van der Waals surface area contributed by atoms with Gasteiger partial charge in [0.2, 0.25) is 5.91 Å². The summed E-state index contributed by atoms with van der Waals surface area (Å²) in [4.78, 5) is 25.0. The third kappa shape index (κ3) is 5.76. The zero-order valence-electron chi connectivity index (χ0n) is 17.8. The summed E-state index contributed by atoms with van der Waals surface area (Å²) >= 11 is 6.19. The van der Waals surface area contributed by atoms with Crippen molar-refractivity contribution in [1.29, 1.82) is 0 Å². The van der Waals surface area contributed by atoms with Gasteiger partial charge in [0.15, 0.2) is 5.96 Å². The summed E-state index contributed by atoms with van der Waals surface area (Å²) in [5, 5.41) is 4.30. The molecular weight excluding hydrogens is 388 g/mol. The summed E-state index contributed by atoms with van der Waals surface area (Å²) in [5.74, 6) is 1.14. The number of nitrogens with zero attached hydrogens (tertiary/aromatic N) is 5. The molecule has 0 atom stereocenters. The Labute approximate surface area is 179 Å². The lowest BCUT2D eigenvalue weighted by atomic mass is 10.1. The fourth-order valence-corrected chi connectivity index (χ4v) is 4.19. The number of hydrogen-bond donors (Lipinski definition) is 1. The number of piperazine rings is 2. The van der Waals surface area contributed by atoms with Gasteiger partial charge in [-0.3, -0.25) is 14.7 Å². The van der Waals surface area contributed by atoms with Crippen molar-refractivity contribution in [3.05, 3.63) is 28.8 Å². The number of hydrogen-bond acceptors (Lipinski definition) is 4. The first kappa shape index (κ1) is 21.7. The van der Waals surface area contributed by atoms with E-state index in [4.69, 9.17) is 11.6 Å². The lowest BCUT2D eigenvalue weighted by Crippen LogP contribution is -2.54. The van der Waals surface area contributed by atoms with Crippen LogP contribution in [-0.4, -0.2) is 99.1 Å². The van der Waals surface area contributed by atoms with E-state index < -0.39 is 0 Å². The number of aliphatic imine (C=N–C) groups is 1. The van der Waals surface area contributed by atoms with Crippen molar-refractivity contribution in [2.24, 2.45) is 4.99 Å². The Hall–Kier alpha value is -1.99. The predicted octanol–water partition coefficient (Wildman–Crippen LogP) is 1.51. The minimum Gasteiger partial charge on any atom is -0.368 e. The van der Waals surface area contributed by atoms with Crippen molar-refractivity contribution >= 4 is 29.2 Å². The Kier molecular flexibility index (Phi) is 7.61. The lowest BCUT2D eigenvalue weighted by molar-refractivity contribution is -0.130. The van der Waals surface area contributed by atoms with Gasteiger partial charge in [-0.2, -0.15) is 0 Å². The second kappa shape index (κ2) is 10.2. The summed E-state index contributed by atoms with van der Waals surface area (Å²) < 4.78 is 0. The maximum absolute atomic E-state index is 11.4. The molecule has 1 amide bonds. The van der Waals surface area contributed by atoms with E-state index in [1.165, 1.54) is 11.3 Å². The molecule has 0 unspecified atom stereocenters. The van der Waals surface area contributed by atoms with E-state index in [1.807, 2.05) is 18.0 Å². The number of guanidine groups is 1. The van der Waals surface area contributed by atoms with E-state index in [9.17, 15) is 4.79 Å². The van der Waals surface area contributed by atoms with Crippen molar-refractivity contribution < 1.29 is 4.79 Å². The molecule has 160 valence electrons. The average molecular weight is 421 g/mol. The van der Waals surface area contributed by atoms with Crippen LogP contribution in [0.5, 0.6) is 0 Å². The van der Waals surface area contributed by atoms with Crippen molar-refractivity contribution in [1.82, 2.24) is 20.0 Å². The molecule has 0 aromatic heterocycles. The molecule has 3 rings (SSSR count). The Morgan fingerprint density at radius 3 is 2.34 bits per heavy atom. The quantitative estimate of drug-likeness (QED) is 0.591. The molecular formula is C21H33ClN6O. The van der Waals surface area contributed by atoms with Crippen LogP contribution in [0.25, 0.3) is 0 Å². The van der Waals surface area contributed by atoms with Gasteiger partial charge in [0.25, 0.3) is 0 Å². The van der Waals surface area contributed by atoms with E-state index in [0.29, 0.717) is 0 Å². The molecule has 2 heterocycles. The molecule has 2 aliphatic heterocycles. The van der Waals surface area contributed by atoms with E-state index in [-0.39, 0.29) is 5.91 Å². The lowest BCUT2D eigenvalue weighted by Gasteiger charge is -2.38. The number of rotatable bonds is 4. The van der Waals surface area contributed by atoms with Crippen LogP contribution < -0.4 is 10.2 Å². The third-order valence-corrected chi connectivity index (χ3v) is 6.07. The molecule has 0 spiro atoms. The highest BCUT2D eigenvalue weighted by Gasteiger charge is 2.22. The molecule has 1 N–H and O–H groups in total. The minimum absolute atomic E-state index is 0.176. The molecule has 2 fully saturated rings. The molecule has 2 aliphatic rings. The van der Waals surface area contributed by atoms with Gasteiger partial charge in [-0.1, -0.05) is 17.7 Å². The molecule has 1 aromatic carbocycles. The van der Waals surface area contributed by atoms with Gasteiger partial charge in [0, 0.05) is 90.1 Å². The number of aryl methyl sites for hydroxylation is 1. The van der Waals surface area contributed by atoms with Gasteiger partial charge in [0.05, 0.1) is 0 Å². The second-order valence-corrected chi connectivity index (χ2v) is 8.16.